The summed E-state index contributed by atoms with van der Waals surface area (Å²) >= 11 is 0. The fourth-order valence-electron chi connectivity index (χ4n) is 5.25. The van der Waals surface area contributed by atoms with Crippen LogP contribution in [0, 0.1) is 0 Å². The molecule has 1 aromatic heterocycles. The first kappa shape index (κ1) is 18.8. The van der Waals surface area contributed by atoms with Crippen LogP contribution < -0.4 is 5.32 Å². The van der Waals surface area contributed by atoms with Gasteiger partial charge in [-0.3, -0.25) is 9.78 Å². The van der Waals surface area contributed by atoms with Gasteiger partial charge in [-0.1, -0.05) is 48.5 Å². The SMILES string of the molecule is O=C1C[C@@H](c2ccccc2)CC2=C1[C@@H](c1ccc(O)cc1)c1c(ccc3ncccc13)N2. The van der Waals surface area contributed by atoms with Crippen molar-refractivity contribution >= 4 is 22.4 Å². The molecule has 1 aliphatic carbocycles. The number of aromatic nitrogens is 1. The van der Waals surface area contributed by atoms with Crippen molar-refractivity contribution in [2.24, 2.45) is 0 Å². The molecule has 2 heterocycles. The fraction of sp³-hybridized carbons (Fsp3) is 0.143. The average Bonchev–Trinajstić information content (AvgIpc) is 2.83. The number of carbonyl (C=O) groups is 1. The number of anilines is 1. The summed E-state index contributed by atoms with van der Waals surface area (Å²) in [6.07, 6.45) is 3.09. The van der Waals surface area contributed by atoms with Crippen LogP contribution in [-0.2, 0) is 4.79 Å². The molecule has 6 rings (SSSR count). The maximum atomic E-state index is 13.6. The second kappa shape index (κ2) is 7.34. The van der Waals surface area contributed by atoms with Gasteiger partial charge in [-0.05, 0) is 59.4 Å². The van der Waals surface area contributed by atoms with Crippen LogP contribution in [0.5, 0.6) is 5.75 Å². The molecule has 156 valence electrons. The topological polar surface area (TPSA) is 62.2 Å². The molecule has 32 heavy (non-hydrogen) atoms. The van der Waals surface area contributed by atoms with Gasteiger partial charge in [0.05, 0.1) is 5.52 Å². The van der Waals surface area contributed by atoms with E-state index in [-0.39, 0.29) is 23.4 Å². The number of pyridine rings is 1. The first-order chi connectivity index (χ1) is 15.7. The smallest absolute Gasteiger partial charge is 0.162 e. The molecule has 3 aromatic carbocycles. The number of benzene rings is 3. The second-order valence-corrected chi connectivity index (χ2v) is 8.58. The lowest BCUT2D eigenvalue weighted by Crippen LogP contribution is -2.30. The minimum Gasteiger partial charge on any atom is -0.508 e. The standard InChI is InChI=1S/C28H22N2O2/c31-20-10-8-18(9-11-20)26-27-21-7-4-14-29-22(21)12-13-23(27)30-24-15-19(16-25(32)28(24)26)17-5-2-1-3-6-17/h1-14,19,26,30-31H,15-16H2/t19-,26-/m0/s1. The third-order valence-electron chi connectivity index (χ3n) is 6.69. The Morgan fingerprint density at radius 2 is 1.66 bits per heavy atom. The van der Waals surface area contributed by atoms with E-state index in [1.54, 1.807) is 18.3 Å². The zero-order valence-electron chi connectivity index (χ0n) is 17.5. The molecule has 2 N–H and O–H groups in total. The molecule has 4 aromatic rings. The van der Waals surface area contributed by atoms with Crippen LogP contribution in [-0.4, -0.2) is 15.9 Å². The van der Waals surface area contributed by atoms with Gasteiger partial charge in [-0.15, -0.1) is 0 Å². The van der Waals surface area contributed by atoms with Crippen molar-refractivity contribution in [3.63, 3.8) is 0 Å². The lowest BCUT2D eigenvalue weighted by molar-refractivity contribution is -0.116. The Labute approximate surface area is 186 Å². The third kappa shape index (κ3) is 2.99. The van der Waals surface area contributed by atoms with Crippen LogP contribution in [0.15, 0.2) is 96.3 Å². The van der Waals surface area contributed by atoms with Crippen molar-refractivity contribution in [2.45, 2.75) is 24.7 Å². The van der Waals surface area contributed by atoms with E-state index < -0.39 is 0 Å². The molecule has 4 heteroatoms. The van der Waals surface area contributed by atoms with Crippen LogP contribution in [0.3, 0.4) is 0 Å². The molecule has 1 aliphatic heterocycles. The highest BCUT2D eigenvalue weighted by Gasteiger charge is 2.39. The zero-order valence-corrected chi connectivity index (χ0v) is 17.5. The summed E-state index contributed by atoms with van der Waals surface area (Å²) in [6.45, 7) is 0. The molecular formula is C28H22N2O2. The summed E-state index contributed by atoms with van der Waals surface area (Å²) < 4.78 is 0. The van der Waals surface area contributed by atoms with E-state index in [2.05, 4.69) is 34.6 Å². The molecule has 0 fully saturated rings. The number of nitrogens with zero attached hydrogens (tertiary/aromatic N) is 1. The Balaban J connectivity index is 1.55. The van der Waals surface area contributed by atoms with E-state index in [0.29, 0.717) is 6.42 Å². The van der Waals surface area contributed by atoms with Gasteiger partial charge >= 0.3 is 0 Å². The number of carbonyl (C=O) groups excluding carboxylic acids is 1. The van der Waals surface area contributed by atoms with E-state index in [9.17, 15) is 9.90 Å². The van der Waals surface area contributed by atoms with E-state index in [1.165, 1.54) is 5.56 Å². The quantitative estimate of drug-likeness (QED) is 0.426. The Hall–Kier alpha value is -3.92. The zero-order chi connectivity index (χ0) is 21.7. The molecule has 4 nitrogen and oxygen atoms in total. The second-order valence-electron chi connectivity index (χ2n) is 8.58. The number of allylic oxidation sites excluding steroid dienone is 2. The van der Waals surface area contributed by atoms with E-state index in [0.717, 1.165) is 45.4 Å². The normalized spacial score (nSPS) is 19.9. The van der Waals surface area contributed by atoms with Crippen molar-refractivity contribution in [1.29, 1.82) is 0 Å². The van der Waals surface area contributed by atoms with Crippen molar-refractivity contribution in [3.05, 3.63) is 113 Å². The minimum atomic E-state index is -0.195. The Bertz CT molecular complexity index is 1370. The first-order valence-corrected chi connectivity index (χ1v) is 10.9. The van der Waals surface area contributed by atoms with Gasteiger partial charge in [0.25, 0.3) is 0 Å². The predicted octanol–water partition coefficient (Wildman–Crippen LogP) is 5.90. The lowest BCUT2D eigenvalue weighted by atomic mass is 9.71. The summed E-state index contributed by atoms with van der Waals surface area (Å²) in [6, 6.07) is 25.6. The number of phenolic OH excluding ortho intramolecular Hbond substituents is 1. The Morgan fingerprint density at radius 1 is 0.844 bits per heavy atom. The largest absolute Gasteiger partial charge is 0.508 e. The van der Waals surface area contributed by atoms with Crippen molar-refractivity contribution in [2.75, 3.05) is 5.32 Å². The van der Waals surface area contributed by atoms with Crippen molar-refractivity contribution in [1.82, 2.24) is 4.98 Å². The number of Topliss-reactive ketones (excluding diaryl/α,β-unsaturated/α-hetero) is 1. The number of nitrogens with one attached hydrogen (secondary N) is 1. The number of rotatable bonds is 2. The average molecular weight is 418 g/mol. The van der Waals surface area contributed by atoms with Crippen LogP contribution in [0.4, 0.5) is 5.69 Å². The van der Waals surface area contributed by atoms with E-state index in [1.807, 2.05) is 42.5 Å². The molecule has 2 aliphatic rings. The number of fused-ring (bicyclic) bond motifs is 3. The molecule has 0 bridgehead atoms. The molecule has 2 atom stereocenters. The van der Waals surface area contributed by atoms with Gasteiger partial charge in [0, 0.05) is 40.9 Å². The van der Waals surface area contributed by atoms with Crippen LogP contribution >= 0.6 is 0 Å². The molecule has 0 radical (unpaired) electrons. The maximum absolute atomic E-state index is 13.6. The van der Waals surface area contributed by atoms with Gasteiger partial charge in [-0.25, -0.2) is 0 Å². The minimum absolute atomic E-state index is 0.166. The predicted molar refractivity (Wildman–Crippen MR) is 126 cm³/mol. The number of hydrogen-bond acceptors (Lipinski definition) is 4. The highest BCUT2D eigenvalue weighted by Crippen LogP contribution is 2.49. The number of phenols is 1. The molecule has 0 spiro atoms. The van der Waals surface area contributed by atoms with E-state index in [4.69, 9.17) is 0 Å². The number of aromatic hydroxyl groups is 1. The molecule has 0 saturated heterocycles. The Morgan fingerprint density at radius 3 is 2.47 bits per heavy atom. The van der Waals surface area contributed by atoms with Crippen molar-refractivity contribution in [3.8, 4) is 5.75 Å². The molecular weight excluding hydrogens is 396 g/mol. The lowest BCUT2D eigenvalue weighted by Gasteiger charge is -2.37. The summed E-state index contributed by atoms with van der Waals surface area (Å²) in [7, 11) is 0. The molecule has 0 unspecified atom stereocenters. The van der Waals surface area contributed by atoms with Gasteiger partial charge in [0.15, 0.2) is 5.78 Å². The first-order valence-electron chi connectivity index (χ1n) is 10.9. The monoisotopic (exact) mass is 418 g/mol. The summed E-state index contributed by atoms with van der Waals surface area (Å²) in [5.74, 6) is 0.367. The maximum Gasteiger partial charge on any atom is 0.162 e. The Kier molecular flexibility index (Phi) is 4.32. The highest BCUT2D eigenvalue weighted by molar-refractivity contribution is 6.04. The number of hydrogen-bond donors (Lipinski definition) is 2. The van der Waals surface area contributed by atoms with E-state index >= 15 is 0 Å². The fourth-order valence-corrected chi connectivity index (χ4v) is 5.25. The van der Waals surface area contributed by atoms with Gasteiger partial charge in [0.1, 0.15) is 5.75 Å². The van der Waals surface area contributed by atoms with Crippen LogP contribution in [0.2, 0.25) is 0 Å². The summed E-state index contributed by atoms with van der Waals surface area (Å²) in [5, 5.41) is 14.5. The molecule has 0 amide bonds. The summed E-state index contributed by atoms with van der Waals surface area (Å²) in [5.41, 5.74) is 7.04. The van der Waals surface area contributed by atoms with Crippen LogP contribution in [0.25, 0.3) is 10.9 Å². The molecule has 0 saturated carbocycles. The van der Waals surface area contributed by atoms with Gasteiger partial charge in [0.2, 0.25) is 0 Å². The van der Waals surface area contributed by atoms with Crippen molar-refractivity contribution < 1.29 is 9.90 Å². The van der Waals surface area contributed by atoms with Gasteiger partial charge in [-0.2, -0.15) is 0 Å². The van der Waals surface area contributed by atoms with Gasteiger partial charge < -0.3 is 10.4 Å². The van der Waals surface area contributed by atoms with Crippen LogP contribution in [0.1, 0.15) is 41.4 Å². The number of ketones is 1. The highest BCUT2D eigenvalue weighted by atomic mass is 16.3. The summed E-state index contributed by atoms with van der Waals surface area (Å²) in [4.78, 5) is 18.2. The third-order valence-corrected chi connectivity index (χ3v) is 6.69.